The molecule has 0 unspecified atom stereocenters. The Kier molecular flexibility index (Phi) is 5.45. The van der Waals surface area contributed by atoms with Crippen LogP contribution in [0.2, 0.25) is 0 Å². The van der Waals surface area contributed by atoms with Crippen LogP contribution in [0.3, 0.4) is 0 Å². The summed E-state index contributed by atoms with van der Waals surface area (Å²) in [6, 6.07) is 0.622. The van der Waals surface area contributed by atoms with Crippen molar-refractivity contribution in [1.82, 2.24) is 10.6 Å². The number of hydrogen-bond acceptors (Lipinski definition) is 3. The van der Waals surface area contributed by atoms with Gasteiger partial charge in [-0.15, -0.1) is 0 Å². The molecule has 4 heteroatoms. The Morgan fingerprint density at radius 3 is 2.94 bits per heavy atom. The Morgan fingerprint density at radius 2 is 2.28 bits per heavy atom. The molecular formula is C14H26N2O2. The summed E-state index contributed by atoms with van der Waals surface area (Å²) < 4.78 is 5.50. The number of ether oxygens (including phenoxy) is 1. The van der Waals surface area contributed by atoms with Gasteiger partial charge in [0.05, 0.1) is 6.10 Å². The molecule has 1 saturated heterocycles. The van der Waals surface area contributed by atoms with Crippen molar-refractivity contribution in [1.29, 1.82) is 0 Å². The standard InChI is InChI=1S/C14H26N2O2/c1-2-18-13-8-11(9-13)10-14(17)16-7-5-12-4-3-6-15-12/h11-13,15H,2-10H2,1H3,(H,16,17)/t11?,12-,13?/m1/s1. The van der Waals surface area contributed by atoms with Crippen LogP contribution in [0.15, 0.2) is 0 Å². The van der Waals surface area contributed by atoms with Gasteiger partial charge < -0.3 is 15.4 Å². The van der Waals surface area contributed by atoms with E-state index < -0.39 is 0 Å². The second kappa shape index (κ2) is 7.10. The largest absolute Gasteiger partial charge is 0.378 e. The normalized spacial score (nSPS) is 31.1. The summed E-state index contributed by atoms with van der Waals surface area (Å²) >= 11 is 0. The van der Waals surface area contributed by atoms with Crippen LogP contribution >= 0.6 is 0 Å². The zero-order chi connectivity index (χ0) is 12.8. The van der Waals surface area contributed by atoms with E-state index in [2.05, 4.69) is 10.6 Å². The topological polar surface area (TPSA) is 50.4 Å². The molecule has 1 amide bonds. The van der Waals surface area contributed by atoms with Crippen molar-refractivity contribution in [3.63, 3.8) is 0 Å². The van der Waals surface area contributed by atoms with Crippen molar-refractivity contribution in [2.75, 3.05) is 19.7 Å². The van der Waals surface area contributed by atoms with Crippen LogP contribution in [0.1, 0.15) is 45.4 Å². The Labute approximate surface area is 110 Å². The third-order valence-electron chi connectivity index (χ3n) is 4.05. The molecule has 0 bridgehead atoms. The van der Waals surface area contributed by atoms with Gasteiger partial charge in [-0.1, -0.05) is 0 Å². The molecule has 2 N–H and O–H groups in total. The number of amides is 1. The molecule has 0 aromatic heterocycles. The first-order chi connectivity index (χ1) is 8.78. The Bertz CT molecular complexity index is 259. The van der Waals surface area contributed by atoms with Gasteiger partial charge in [0.15, 0.2) is 0 Å². The fourth-order valence-corrected chi connectivity index (χ4v) is 2.94. The van der Waals surface area contributed by atoms with Crippen LogP contribution < -0.4 is 10.6 Å². The number of hydrogen-bond donors (Lipinski definition) is 2. The van der Waals surface area contributed by atoms with Gasteiger partial charge in [0, 0.05) is 25.6 Å². The number of carbonyl (C=O) groups excluding carboxylic acids is 1. The maximum atomic E-state index is 11.7. The quantitative estimate of drug-likeness (QED) is 0.723. The second-order valence-corrected chi connectivity index (χ2v) is 5.55. The van der Waals surface area contributed by atoms with Gasteiger partial charge in [-0.05, 0) is 51.5 Å². The monoisotopic (exact) mass is 254 g/mol. The lowest BCUT2D eigenvalue weighted by molar-refractivity contribution is -0.124. The van der Waals surface area contributed by atoms with E-state index in [0.29, 0.717) is 24.5 Å². The summed E-state index contributed by atoms with van der Waals surface area (Å²) in [6.07, 6.45) is 6.82. The minimum absolute atomic E-state index is 0.216. The van der Waals surface area contributed by atoms with E-state index >= 15 is 0 Å². The van der Waals surface area contributed by atoms with Gasteiger partial charge in [-0.2, -0.15) is 0 Å². The molecule has 1 atom stereocenters. The van der Waals surface area contributed by atoms with E-state index in [1.807, 2.05) is 6.92 Å². The molecule has 0 aromatic rings. The van der Waals surface area contributed by atoms with Crippen LogP contribution in [0.25, 0.3) is 0 Å². The molecule has 1 aliphatic carbocycles. The lowest BCUT2D eigenvalue weighted by atomic mass is 9.80. The van der Waals surface area contributed by atoms with Gasteiger partial charge in [0.2, 0.25) is 5.91 Å². The molecule has 0 aromatic carbocycles. The smallest absolute Gasteiger partial charge is 0.220 e. The average molecular weight is 254 g/mol. The van der Waals surface area contributed by atoms with Gasteiger partial charge in [-0.3, -0.25) is 4.79 Å². The van der Waals surface area contributed by atoms with Crippen molar-refractivity contribution in [3.05, 3.63) is 0 Å². The summed E-state index contributed by atoms with van der Waals surface area (Å²) in [7, 11) is 0. The van der Waals surface area contributed by atoms with Crippen molar-refractivity contribution in [2.45, 2.75) is 57.6 Å². The molecule has 2 aliphatic rings. The molecule has 1 saturated carbocycles. The van der Waals surface area contributed by atoms with Crippen molar-refractivity contribution in [3.8, 4) is 0 Å². The van der Waals surface area contributed by atoms with E-state index in [9.17, 15) is 4.79 Å². The predicted octanol–water partition coefficient (Wildman–Crippen LogP) is 1.45. The highest BCUT2D eigenvalue weighted by Crippen LogP contribution is 2.32. The Hall–Kier alpha value is -0.610. The summed E-state index contributed by atoms with van der Waals surface area (Å²) in [5.41, 5.74) is 0. The molecule has 18 heavy (non-hydrogen) atoms. The minimum Gasteiger partial charge on any atom is -0.378 e. The maximum Gasteiger partial charge on any atom is 0.220 e. The zero-order valence-electron chi connectivity index (χ0n) is 11.4. The van der Waals surface area contributed by atoms with Crippen LogP contribution in [-0.4, -0.2) is 37.7 Å². The van der Waals surface area contributed by atoms with Crippen LogP contribution in [-0.2, 0) is 9.53 Å². The fourth-order valence-electron chi connectivity index (χ4n) is 2.94. The first-order valence-electron chi connectivity index (χ1n) is 7.39. The van der Waals surface area contributed by atoms with E-state index in [1.165, 1.54) is 12.8 Å². The first kappa shape index (κ1) is 13.8. The van der Waals surface area contributed by atoms with Gasteiger partial charge in [0.25, 0.3) is 0 Å². The first-order valence-corrected chi connectivity index (χ1v) is 7.39. The van der Waals surface area contributed by atoms with Gasteiger partial charge in [-0.25, -0.2) is 0 Å². The van der Waals surface area contributed by atoms with E-state index in [-0.39, 0.29) is 5.91 Å². The average Bonchev–Trinajstić information content (AvgIpc) is 2.79. The predicted molar refractivity (Wildman–Crippen MR) is 71.4 cm³/mol. The van der Waals surface area contributed by atoms with Gasteiger partial charge >= 0.3 is 0 Å². The lowest BCUT2D eigenvalue weighted by Crippen LogP contribution is -2.36. The Balaban J connectivity index is 1.48. The number of carbonyl (C=O) groups is 1. The second-order valence-electron chi connectivity index (χ2n) is 5.55. The van der Waals surface area contributed by atoms with Crippen molar-refractivity contribution >= 4 is 5.91 Å². The fraction of sp³-hybridized carbons (Fsp3) is 0.929. The third-order valence-corrected chi connectivity index (χ3v) is 4.05. The number of rotatable bonds is 7. The Morgan fingerprint density at radius 1 is 1.44 bits per heavy atom. The molecule has 1 aliphatic heterocycles. The van der Waals surface area contributed by atoms with Crippen LogP contribution in [0.5, 0.6) is 0 Å². The number of nitrogens with one attached hydrogen (secondary N) is 2. The molecule has 0 radical (unpaired) electrons. The molecular weight excluding hydrogens is 228 g/mol. The van der Waals surface area contributed by atoms with E-state index in [1.54, 1.807) is 0 Å². The lowest BCUT2D eigenvalue weighted by Gasteiger charge is -2.34. The molecule has 0 spiro atoms. The van der Waals surface area contributed by atoms with Crippen molar-refractivity contribution < 1.29 is 9.53 Å². The molecule has 2 fully saturated rings. The van der Waals surface area contributed by atoms with Gasteiger partial charge in [0.1, 0.15) is 0 Å². The molecule has 1 heterocycles. The zero-order valence-corrected chi connectivity index (χ0v) is 11.4. The summed E-state index contributed by atoms with van der Waals surface area (Å²) in [5.74, 6) is 0.763. The highest BCUT2D eigenvalue weighted by Gasteiger charge is 2.30. The maximum absolute atomic E-state index is 11.7. The van der Waals surface area contributed by atoms with Crippen LogP contribution in [0, 0.1) is 5.92 Å². The highest BCUT2D eigenvalue weighted by molar-refractivity contribution is 5.76. The minimum atomic E-state index is 0.216. The van der Waals surface area contributed by atoms with Crippen LogP contribution in [0.4, 0.5) is 0 Å². The summed E-state index contributed by atoms with van der Waals surface area (Å²) in [6.45, 7) is 4.77. The summed E-state index contributed by atoms with van der Waals surface area (Å²) in [5, 5.41) is 6.48. The molecule has 4 nitrogen and oxygen atoms in total. The SMILES string of the molecule is CCOC1CC(CC(=O)NCC[C@H]2CCCN2)C1. The molecule has 104 valence electrons. The highest BCUT2D eigenvalue weighted by atomic mass is 16.5. The van der Waals surface area contributed by atoms with Crippen molar-refractivity contribution in [2.24, 2.45) is 5.92 Å². The summed E-state index contributed by atoms with van der Waals surface area (Å²) in [4.78, 5) is 11.7. The van der Waals surface area contributed by atoms with E-state index in [4.69, 9.17) is 4.74 Å². The van der Waals surface area contributed by atoms with E-state index in [0.717, 1.165) is 39.0 Å². The molecule has 2 rings (SSSR count). The third kappa shape index (κ3) is 4.25.